The Morgan fingerprint density at radius 2 is 1.72 bits per heavy atom. The maximum Gasteiger partial charge on any atom is 0.243 e. The van der Waals surface area contributed by atoms with E-state index < -0.39 is 50.3 Å². The molecule has 0 unspecified atom stereocenters. The number of carbonyl (C=O) groups excluding carboxylic acids is 2. The molecule has 1 saturated carbocycles. The maximum absolute atomic E-state index is 14.2. The maximum atomic E-state index is 14.2. The molecule has 1 aliphatic rings. The first kappa shape index (κ1) is 41.3. The van der Waals surface area contributed by atoms with E-state index >= 15 is 0 Å². The van der Waals surface area contributed by atoms with Crippen LogP contribution in [-0.2, 0) is 31.6 Å². The number of benzene rings is 3. The van der Waals surface area contributed by atoms with E-state index in [0.717, 1.165) is 24.0 Å². The third kappa shape index (κ3) is 10.9. The quantitative estimate of drug-likeness (QED) is 0.0993. The molecule has 3 atom stereocenters. The van der Waals surface area contributed by atoms with Gasteiger partial charge in [-0.3, -0.25) is 19.9 Å². The second-order valence-corrected chi connectivity index (χ2v) is 18.6. The normalized spacial score (nSPS) is 15.9. The number of hydrogen-bond donors (Lipinski definition) is 4. The third-order valence-electron chi connectivity index (χ3n) is 9.88. The van der Waals surface area contributed by atoms with E-state index in [1.54, 1.807) is 48.3 Å². The van der Waals surface area contributed by atoms with Crippen LogP contribution in [0.25, 0.3) is 10.9 Å². The lowest BCUT2D eigenvalue weighted by molar-refractivity contribution is -0.130. The molecule has 0 saturated heterocycles. The molecule has 1 heterocycles. The molecule has 290 valence electrons. The molecular formula is C41H52FN5O5S2. The predicted molar refractivity (Wildman–Crippen MR) is 213 cm³/mol. The number of carbonyl (C=O) groups is 2. The number of sulfonamides is 1. The van der Waals surface area contributed by atoms with E-state index in [9.17, 15) is 27.5 Å². The Labute approximate surface area is 322 Å². The van der Waals surface area contributed by atoms with Crippen molar-refractivity contribution in [2.24, 2.45) is 5.92 Å². The fourth-order valence-electron chi connectivity index (χ4n) is 6.57. The Bertz CT molecular complexity index is 2010. The summed E-state index contributed by atoms with van der Waals surface area (Å²) >= 11 is 1.56. The second-order valence-electron chi connectivity index (χ2n) is 15.2. The highest BCUT2D eigenvalue weighted by Crippen LogP contribution is 2.45. The number of fused-ring (bicyclic) bond motifs is 1. The van der Waals surface area contributed by atoms with Gasteiger partial charge >= 0.3 is 0 Å². The molecule has 1 aromatic heterocycles. The summed E-state index contributed by atoms with van der Waals surface area (Å²) in [5.41, 5.74) is 1.78. The Morgan fingerprint density at radius 1 is 0.981 bits per heavy atom. The summed E-state index contributed by atoms with van der Waals surface area (Å²) in [5.74, 6) is -1.29. The molecule has 54 heavy (non-hydrogen) atoms. The average Bonchev–Trinajstić information content (AvgIpc) is 3.94. The number of hydrogen-bond acceptors (Lipinski definition) is 8. The van der Waals surface area contributed by atoms with Crippen molar-refractivity contribution in [3.8, 4) is 0 Å². The van der Waals surface area contributed by atoms with E-state index in [0.29, 0.717) is 17.3 Å². The molecular weight excluding hydrogens is 726 g/mol. The van der Waals surface area contributed by atoms with Crippen LogP contribution in [0.5, 0.6) is 0 Å². The minimum atomic E-state index is -4.07. The van der Waals surface area contributed by atoms with E-state index in [-0.39, 0.29) is 42.7 Å². The standard InChI is InChI=1S/C41H52FN5O5S2/c1-28(2)26-47(54(51,52)33-16-17-34-30(22-33)13-10-20-43-34)27-37(48)35(21-29-11-7-6-8-12-29)46-39(50)36(24-40(3,4)53-5)45-38(49)25-44-41(18-19-41)31-14-9-15-32(42)23-31/h6-17,20,22-23,28,35-37,44,48H,18-19,21,24-27H2,1-5H3,(H,45,49)(H,46,50)/t35-,36-,37+/m0/s1. The van der Waals surface area contributed by atoms with Crippen LogP contribution >= 0.6 is 11.8 Å². The van der Waals surface area contributed by atoms with E-state index in [1.165, 1.54) is 22.5 Å². The highest BCUT2D eigenvalue weighted by Gasteiger charge is 2.44. The van der Waals surface area contributed by atoms with Crippen molar-refractivity contribution in [3.63, 3.8) is 0 Å². The molecule has 4 N–H and O–H groups in total. The molecule has 1 fully saturated rings. The Morgan fingerprint density at radius 3 is 2.39 bits per heavy atom. The molecule has 0 spiro atoms. The number of aliphatic hydroxyl groups excluding tert-OH is 1. The van der Waals surface area contributed by atoms with Crippen LogP contribution in [0.15, 0.2) is 96.0 Å². The van der Waals surface area contributed by atoms with Gasteiger partial charge in [0.1, 0.15) is 11.9 Å². The monoisotopic (exact) mass is 777 g/mol. The van der Waals surface area contributed by atoms with Gasteiger partial charge in [-0.1, -0.05) is 76.2 Å². The van der Waals surface area contributed by atoms with Crippen molar-refractivity contribution < 1.29 is 27.5 Å². The molecule has 0 aliphatic heterocycles. The molecule has 5 rings (SSSR count). The number of nitrogens with one attached hydrogen (secondary N) is 3. The van der Waals surface area contributed by atoms with Crippen molar-refractivity contribution in [1.29, 1.82) is 0 Å². The largest absolute Gasteiger partial charge is 0.390 e. The molecule has 13 heteroatoms. The number of rotatable bonds is 19. The van der Waals surface area contributed by atoms with Crippen molar-refractivity contribution in [1.82, 2.24) is 25.2 Å². The number of nitrogens with zero attached hydrogens (tertiary/aromatic N) is 2. The van der Waals surface area contributed by atoms with Gasteiger partial charge < -0.3 is 15.7 Å². The Balaban J connectivity index is 1.36. The van der Waals surface area contributed by atoms with Crippen LogP contribution in [0, 0.1) is 11.7 Å². The summed E-state index contributed by atoms with van der Waals surface area (Å²) < 4.78 is 43.2. The van der Waals surface area contributed by atoms with Crippen LogP contribution in [0.2, 0.25) is 0 Å². The first-order chi connectivity index (χ1) is 25.6. The van der Waals surface area contributed by atoms with Crippen molar-refractivity contribution in [3.05, 3.63) is 108 Å². The lowest BCUT2D eigenvalue weighted by atomic mass is 9.98. The number of halogens is 1. The summed E-state index contributed by atoms with van der Waals surface area (Å²) in [6.45, 7) is 7.56. The fraction of sp³-hybridized carbons (Fsp3) is 0.439. The van der Waals surface area contributed by atoms with Crippen LogP contribution in [0.1, 0.15) is 58.1 Å². The van der Waals surface area contributed by atoms with Gasteiger partial charge in [-0.25, -0.2) is 12.8 Å². The van der Waals surface area contributed by atoms with Gasteiger partial charge in [-0.05, 0) is 85.4 Å². The summed E-state index contributed by atoms with van der Waals surface area (Å²) in [4.78, 5) is 32.0. The van der Waals surface area contributed by atoms with Crippen molar-refractivity contribution in [2.75, 3.05) is 25.9 Å². The lowest BCUT2D eigenvalue weighted by Crippen LogP contribution is -2.57. The fourth-order valence-corrected chi connectivity index (χ4v) is 8.56. The lowest BCUT2D eigenvalue weighted by Gasteiger charge is -2.33. The molecule has 1 aliphatic carbocycles. The number of thioether (sulfide) groups is 1. The van der Waals surface area contributed by atoms with Crippen molar-refractivity contribution in [2.45, 2.75) is 86.7 Å². The zero-order chi connectivity index (χ0) is 39.1. The average molecular weight is 778 g/mol. The van der Waals surface area contributed by atoms with Gasteiger partial charge in [0.05, 0.1) is 29.1 Å². The molecule has 0 radical (unpaired) electrons. The van der Waals surface area contributed by atoms with Crippen LogP contribution in [-0.4, -0.2) is 83.5 Å². The highest BCUT2D eigenvalue weighted by molar-refractivity contribution is 7.99. The van der Waals surface area contributed by atoms with Crippen molar-refractivity contribution >= 4 is 44.5 Å². The Hall–Kier alpha value is -3.88. The first-order valence-corrected chi connectivity index (χ1v) is 21.0. The summed E-state index contributed by atoms with van der Waals surface area (Å²) in [5, 5.41) is 21.7. The molecule has 0 bridgehead atoms. The number of pyridine rings is 1. The van der Waals surface area contributed by atoms with Gasteiger partial charge in [-0.2, -0.15) is 16.1 Å². The highest BCUT2D eigenvalue weighted by atomic mass is 32.2. The van der Waals surface area contributed by atoms with Gasteiger partial charge in [0.25, 0.3) is 0 Å². The number of aromatic nitrogens is 1. The van der Waals surface area contributed by atoms with Crippen LogP contribution in [0.3, 0.4) is 0 Å². The molecule has 2 amide bonds. The zero-order valence-electron chi connectivity index (χ0n) is 31.6. The van der Waals surface area contributed by atoms with E-state index in [1.807, 2.05) is 70.3 Å². The molecule has 3 aromatic carbocycles. The van der Waals surface area contributed by atoms with Gasteiger partial charge in [0.15, 0.2) is 0 Å². The van der Waals surface area contributed by atoms with Gasteiger partial charge in [0.2, 0.25) is 21.8 Å². The second kappa shape index (κ2) is 17.7. The topological polar surface area (TPSA) is 141 Å². The number of amides is 2. The first-order valence-electron chi connectivity index (χ1n) is 18.3. The molecule has 4 aromatic rings. The SMILES string of the molecule is CSC(C)(C)C[C@H](NC(=O)CNC1(c2cccc(F)c2)CC1)C(=O)N[C@@H](Cc1ccccc1)[C@H](O)CN(CC(C)C)S(=O)(=O)c1ccc2ncccc2c1. The summed E-state index contributed by atoms with van der Waals surface area (Å²) in [7, 11) is -4.07. The zero-order valence-corrected chi connectivity index (χ0v) is 33.2. The summed E-state index contributed by atoms with van der Waals surface area (Å²) in [6, 6.07) is 22.1. The van der Waals surface area contributed by atoms with E-state index in [4.69, 9.17) is 0 Å². The molecule has 10 nitrogen and oxygen atoms in total. The smallest absolute Gasteiger partial charge is 0.243 e. The third-order valence-corrected chi connectivity index (χ3v) is 13.0. The predicted octanol–water partition coefficient (Wildman–Crippen LogP) is 5.40. The van der Waals surface area contributed by atoms with Crippen LogP contribution in [0.4, 0.5) is 4.39 Å². The Kier molecular flexibility index (Phi) is 13.5. The number of aliphatic hydroxyl groups is 1. The van der Waals surface area contributed by atoms with Gasteiger partial charge in [0, 0.05) is 35.0 Å². The van der Waals surface area contributed by atoms with Gasteiger partial charge in [-0.15, -0.1) is 0 Å². The van der Waals surface area contributed by atoms with E-state index in [2.05, 4.69) is 20.9 Å². The minimum absolute atomic E-state index is 0.0612. The van der Waals surface area contributed by atoms with Crippen LogP contribution < -0.4 is 16.0 Å². The summed E-state index contributed by atoms with van der Waals surface area (Å²) in [6.07, 6.45) is 4.30. The minimum Gasteiger partial charge on any atom is -0.390 e.